The second-order valence-electron chi connectivity index (χ2n) is 3.95. The van der Waals surface area contributed by atoms with E-state index in [1.54, 1.807) is 0 Å². The fourth-order valence-corrected chi connectivity index (χ4v) is 1.86. The van der Waals surface area contributed by atoms with Crippen LogP contribution < -0.4 is 0 Å². The Morgan fingerprint density at radius 2 is 2.15 bits per heavy atom. The number of hydrogen-bond donors (Lipinski definition) is 1. The van der Waals surface area contributed by atoms with Crippen LogP contribution in [0.3, 0.4) is 0 Å². The molecule has 3 unspecified atom stereocenters. The van der Waals surface area contributed by atoms with E-state index < -0.39 is 0 Å². The van der Waals surface area contributed by atoms with Gasteiger partial charge in [-0.05, 0) is 26.2 Å². The molecule has 1 N–H and O–H groups in total. The molecule has 2 aliphatic rings. The highest BCUT2D eigenvalue weighted by atomic mass is 16.6. The van der Waals surface area contributed by atoms with Crippen molar-refractivity contribution in [3.05, 3.63) is 0 Å². The maximum absolute atomic E-state index is 9.41. The van der Waals surface area contributed by atoms with E-state index in [0.29, 0.717) is 12.7 Å². The van der Waals surface area contributed by atoms with Crippen molar-refractivity contribution in [2.75, 3.05) is 6.61 Å². The van der Waals surface area contributed by atoms with Crippen LogP contribution in [-0.2, 0) is 9.47 Å². The molecule has 0 spiro atoms. The summed E-state index contributed by atoms with van der Waals surface area (Å²) >= 11 is 0. The van der Waals surface area contributed by atoms with Crippen LogP contribution >= 0.6 is 0 Å². The van der Waals surface area contributed by atoms with Gasteiger partial charge < -0.3 is 14.6 Å². The molecule has 0 radical (unpaired) electrons. The van der Waals surface area contributed by atoms with Crippen LogP contribution in [0, 0.1) is 0 Å². The van der Waals surface area contributed by atoms with Gasteiger partial charge in [0.1, 0.15) is 6.10 Å². The van der Waals surface area contributed by atoms with E-state index in [1.807, 2.05) is 6.92 Å². The number of ether oxygens (including phenoxy) is 2. The zero-order valence-corrected chi connectivity index (χ0v) is 8.11. The molecule has 0 bridgehead atoms. The summed E-state index contributed by atoms with van der Waals surface area (Å²) in [5.41, 5.74) is 0. The van der Waals surface area contributed by atoms with Gasteiger partial charge in [0.15, 0.2) is 0 Å². The van der Waals surface area contributed by atoms with Gasteiger partial charge in [0.25, 0.3) is 0 Å². The van der Waals surface area contributed by atoms with Gasteiger partial charge in [-0.1, -0.05) is 0 Å². The van der Waals surface area contributed by atoms with Gasteiger partial charge in [-0.15, -0.1) is 0 Å². The van der Waals surface area contributed by atoms with Crippen LogP contribution in [0.4, 0.5) is 0 Å². The maximum atomic E-state index is 9.41. The molecule has 0 aliphatic heterocycles. The highest BCUT2D eigenvalue weighted by molar-refractivity contribution is 4.93. The number of aliphatic hydroxyl groups is 1. The van der Waals surface area contributed by atoms with Crippen molar-refractivity contribution in [2.24, 2.45) is 0 Å². The molecule has 13 heavy (non-hydrogen) atoms. The summed E-state index contributed by atoms with van der Waals surface area (Å²) in [6, 6.07) is 0. The Balaban J connectivity index is 1.73. The van der Waals surface area contributed by atoms with Crippen LogP contribution in [0.25, 0.3) is 0 Å². The fourth-order valence-electron chi connectivity index (χ4n) is 1.86. The topological polar surface area (TPSA) is 38.7 Å². The van der Waals surface area contributed by atoms with Crippen molar-refractivity contribution in [1.29, 1.82) is 0 Å². The number of hydrogen-bond acceptors (Lipinski definition) is 3. The lowest BCUT2D eigenvalue weighted by molar-refractivity contribution is -0.214. The Labute approximate surface area is 79.0 Å². The number of rotatable bonds is 4. The summed E-state index contributed by atoms with van der Waals surface area (Å²) < 4.78 is 11.2. The second-order valence-corrected chi connectivity index (χ2v) is 3.95. The molecule has 2 rings (SSSR count). The van der Waals surface area contributed by atoms with Crippen molar-refractivity contribution in [1.82, 2.24) is 0 Å². The zero-order valence-electron chi connectivity index (χ0n) is 8.11. The fraction of sp³-hybridized carbons (Fsp3) is 1.00. The molecule has 0 saturated heterocycles. The first-order valence-corrected chi connectivity index (χ1v) is 5.26. The summed E-state index contributed by atoms with van der Waals surface area (Å²) in [6.45, 7) is 2.61. The van der Waals surface area contributed by atoms with Crippen molar-refractivity contribution < 1.29 is 14.6 Å². The Morgan fingerprint density at radius 3 is 2.62 bits per heavy atom. The maximum Gasteiger partial charge on any atom is 0.110 e. The SMILES string of the molecule is CCOC1C(O)CC1OC1CCC1. The first-order chi connectivity index (χ1) is 6.31. The molecule has 2 saturated carbocycles. The van der Waals surface area contributed by atoms with Gasteiger partial charge in [-0.3, -0.25) is 0 Å². The number of aliphatic hydroxyl groups excluding tert-OH is 1. The predicted octanol–water partition coefficient (Wildman–Crippen LogP) is 1.09. The van der Waals surface area contributed by atoms with Gasteiger partial charge in [0.2, 0.25) is 0 Å². The molecule has 3 atom stereocenters. The third-order valence-electron chi connectivity index (χ3n) is 3.00. The molecule has 0 aromatic rings. The van der Waals surface area contributed by atoms with Gasteiger partial charge >= 0.3 is 0 Å². The van der Waals surface area contributed by atoms with Crippen LogP contribution in [0.2, 0.25) is 0 Å². The minimum atomic E-state index is -0.301. The first kappa shape index (κ1) is 9.44. The van der Waals surface area contributed by atoms with E-state index in [0.717, 1.165) is 6.42 Å². The summed E-state index contributed by atoms with van der Waals surface area (Å²) in [5, 5.41) is 9.41. The summed E-state index contributed by atoms with van der Waals surface area (Å²) in [7, 11) is 0. The molecule has 0 aromatic heterocycles. The lowest BCUT2D eigenvalue weighted by atomic mass is 9.86. The highest BCUT2D eigenvalue weighted by Gasteiger charge is 2.43. The third-order valence-corrected chi connectivity index (χ3v) is 3.00. The van der Waals surface area contributed by atoms with Gasteiger partial charge in [0.05, 0.1) is 18.3 Å². The highest BCUT2D eigenvalue weighted by Crippen LogP contribution is 2.32. The molecule has 0 amide bonds. The lowest BCUT2D eigenvalue weighted by Gasteiger charge is -2.43. The Morgan fingerprint density at radius 1 is 1.38 bits per heavy atom. The van der Waals surface area contributed by atoms with Crippen molar-refractivity contribution >= 4 is 0 Å². The minimum absolute atomic E-state index is 0.0643. The van der Waals surface area contributed by atoms with E-state index in [2.05, 4.69) is 0 Å². The van der Waals surface area contributed by atoms with Crippen molar-refractivity contribution in [3.8, 4) is 0 Å². The normalized spacial score (nSPS) is 39.7. The van der Waals surface area contributed by atoms with E-state index in [1.165, 1.54) is 19.3 Å². The van der Waals surface area contributed by atoms with Crippen molar-refractivity contribution in [2.45, 2.75) is 57.0 Å². The van der Waals surface area contributed by atoms with E-state index in [9.17, 15) is 5.11 Å². The van der Waals surface area contributed by atoms with Crippen LogP contribution in [0.15, 0.2) is 0 Å². The summed E-state index contributed by atoms with van der Waals surface area (Å²) in [4.78, 5) is 0. The molecule has 3 heteroatoms. The van der Waals surface area contributed by atoms with E-state index in [-0.39, 0.29) is 18.3 Å². The quantitative estimate of drug-likeness (QED) is 0.714. The first-order valence-electron chi connectivity index (χ1n) is 5.26. The molecule has 2 aliphatic carbocycles. The molecule has 3 nitrogen and oxygen atoms in total. The average Bonchev–Trinajstić information content (AvgIpc) is 2.04. The molecule has 0 aromatic carbocycles. The monoisotopic (exact) mass is 186 g/mol. The standard InChI is InChI=1S/C10H18O3/c1-2-12-10-8(11)6-9(10)13-7-4-3-5-7/h7-11H,2-6H2,1H3. The Bertz CT molecular complexity index is 168. The zero-order chi connectivity index (χ0) is 9.26. The van der Waals surface area contributed by atoms with Gasteiger partial charge in [-0.2, -0.15) is 0 Å². The average molecular weight is 186 g/mol. The Kier molecular flexibility index (Phi) is 2.86. The minimum Gasteiger partial charge on any atom is -0.390 e. The van der Waals surface area contributed by atoms with Crippen LogP contribution in [0.1, 0.15) is 32.6 Å². The molecule has 2 fully saturated rings. The van der Waals surface area contributed by atoms with Gasteiger partial charge in [0, 0.05) is 13.0 Å². The molecular weight excluding hydrogens is 168 g/mol. The molecule has 76 valence electrons. The lowest BCUT2D eigenvalue weighted by Crippen LogP contribution is -2.55. The summed E-state index contributed by atoms with van der Waals surface area (Å²) in [5.74, 6) is 0. The largest absolute Gasteiger partial charge is 0.390 e. The van der Waals surface area contributed by atoms with E-state index in [4.69, 9.17) is 9.47 Å². The predicted molar refractivity (Wildman–Crippen MR) is 48.5 cm³/mol. The second kappa shape index (κ2) is 3.95. The smallest absolute Gasteiger partial charge is 0.110 e. The molecule has 0 heterocycles. The van der Waals surface area contributed by atoms with E-state index >= 15 is 0 Å². The summed E-state index contributed by atoms with van der Waals surface area (Å²) in [6.07, 6.45) is 4.65. The van der Waals surface area contributed by atoms with Crippen LogP contribution in [0.5, 0.6) is 0 Å². The Hall–Kier alpha value is -0.120. The van der Waals surface area contributed by atoms with Gasteiger partial charge in [-0.25, -0.2) is 0 Å². The van der Waals surface area contributed by atoms with Crippen molar-refractivity contribution in [3.63, 3.8) is 0 Å². The molecular formula is C10H18O3. The van der Waals surface area contributed by atoms with Crippen LogP contribution in [-0.4, -0.2) is 36.1 Å². The third kappa shape index (κ3) is 1.87.